The molecule has 126 valence electrons. The van der Waals surface area contributed by atoms with E-state index in [4.69, 9.17) is 0 Å². The van der Waals surface area contributed by atoms with Gasteiger partial charge in [-0.2, -0.15) is 0 Å². The van der Waals surface area contributed by atoms with Crippen molar-refractivity contribution in [2.24, 2.45) is 5.92 Å². The summed E-state index contributed by atoms with van der Waals surface area (Å²) in [6.45, 7) is 2.33. The first-order valence-corrected chi connectivity index (χ1v) is 9.59. The lowest BCUT2D eigenvalue weighted by Gasteiger charge is -2.33. The standard InChI is InChI=1S/C18H19BrN2O2S/c19-17-6-5-16(24-17)11-20-18(23)14-7-9-21(10-8-14)15-3-1-13(12-22)2-4-15/h1-6,12,14H,7-11H2,(H,20,23). The average molecular weight is 407 g/mol. The largest absolute Gasteiger partial charge is 0.371 e. The number of anilines is 1. The number of amides is 1. The molecule has 0 aliphatic carbocycles. The second-order valence-electron chi connectivity index (χ2n) is 5.89. The van der Waals surface area contributed by atoms with E-state index in [-0.39, 0.29) is 11.8 Å². The second-order valence-corrected chi connectivity index (χ2v) is 8.44. The van der Waals surface area contributed by atoms with Gasteiger partial charge in [-0.05, 0) is 65.2 Å². The lowest BCUT2D eigenvalue weighted by Crippen LogP contribution is -2.40. The summed E-state index contributed by atoms with van der Waals surface area (Å²) in [6.07, 6.45) is 2.57. The van der Waals surface area contributed by atoms with Gasteiger partial charge in [0.2, 0.25) is 5.91 Å². The molecule has 1 saturated heterocycles. The molecule has 1 fully saturated rings. The van der Waals surface area contributed by atoms with Crippen molar-refractivity contribution in [1.29, 1.82) is 0 Å². The molecule has 1 amide bonds. The Labute approximate surface area is 154 Å². The van der Waals surface area contributed by atoms with Gasteiger partial charge >= 0.3 is 0 Å². The Balaban J connectivity index is 1.48. The molecule has 6 heteroatoms. The summed E-state index contributed by atoms with van der Waals surface area (Å²) in [5, 5.41) is 3.04. The fourth-order valence-electron chi connectivity index (χ4n) is 2.93. The SMILES string of the molecule is O=Cc1ccc(N2CCC(C(=O)NCc3ccc(Br)s3)CC2)cc1. The number of piperidine rings is 1. The van der Waals surface area contributed by atoms with Crippen LogP contribution in [0.1, 0.15) is 28.1 Å². The summed E-state index contributed by atoms with van der Waals surface area (Å²) in [5.41, 5.74) is 1.80. The van der Waals surface area contributed by atoms with Crippen LogP contribution in [0.25, 0.3) is 0 Å². The van der Waals surface area contributed by atoms with Crippen molar-refractivity contribution in [1.82, 2.24) is 5.32 Å². The summed E-state index contributed by atoms with van der Waals surface area (Å²) in [4.78, 5) is 26.5. The molecular weight excluding hydrogens is 388 g/mol. The Kier molecular flexibility index (Phi) is 5.68. The van der Waals surface area contributed by atoms with Crippen LogP contribution in [0, 0.1) is 5.92 Å². The molecule has 0 saturated carbocycles. The van der Waals surface area contributed by atoms with Gasteiger partial charge in [-0.3, -0.25) is 9.59 Å². The zero-order chi connectivity index (χ0) is 16.9. The van der Waals surface area contributed by atoms with Gasteiger partial charge in [0.1, 0.15) is 6.29 Å². The van der Waals surface area contributed by atoms with Crippen molar-refractivity contribution >= 4 is 45.1 Å². The van der Waals surface area contributed by atoms with Crippen molar-refractivity contribution in [3.05, 3.63) is 50.6 Å². The predicted octanol–water partition coefficient (Wildman–Crippen LogP) is 3.86. The number of aldehydes is 1. The van der Waals surface area contributed by atoms with Crippen LogP contribution in [0.4, 0.5) is 5.69 Å². The van der Waals surface area contributed by atoms with E-state index in [1.54, 1.807) is 11.3 Å². The van der Waals surface area contributed by atoms with Crippen LogP contribution < -0.4 is 10.2 Å². The average Bonchev–Trinajstić information content (AvgIpc) is 3.05. The first-order chi connectivity index (χ1) is 11.7. The minimum atomic E-state index is 0.0823. The van der Waals surface area contributed by atoms with Crippen LogP contribution in [-0.2, 0) is 11.3 Å². The van der Waals surface area contributed by atoms with Gasteiger partial charge in [-0.1, -0.05) is 0 Å². The van der Waals surface area contributed by atoms with Gasteiger partial charge in [0.15, 0.2) is 0 Å². The quantitative estimate of drug-likeness (QED) is 0.766. The molecule has 3 rings (SSSR count). The van der Waals surface area contributed by atoms with Gasteiger partial charge in [0.05, 0.1) is 10.3 Å². The third-order valence-electron chi connectivity index (χ3n) is 4.33. The first kappa shape index (κ1) is 17.2. The molecule has 0 spiro atoms. The fourth-order valence-corrected chi connectivity index (χ4v) is 4.35. The highest BCUT2D eigenvalue weighted by molar-refractivity contribution is 9.11. The summed E-state index contributed by atoms with van der Waals surface area (Å²) >= 11 is 5.08. The number of hydrogen-bond acceptors (Lipinski definition) is 4. The Morgan fingerprint density at radius 2 is 1.92 bits per heavy atom. The number of halogens is 1. The smallest absolute Gasteiger partial charge is 0.223 e. The highest BCUT2D eigenvalue weighted by atomic mass is 79.9. The molecule has 0 atom stereocenters. The van der Waals surface area contributed by atoms with E-state index in [1.165, 1.54) is 0 Å². The molecule has 24 heavy (non-hydrogen) atoms. The van der Waals surface area contributed by atoms with Gasteiger partial charge in [0, 0.05) is 35.1 Å². The monoisotopic (exact) mass is 406 g/mol. The zero-order valence-corrected chi connectivity index (χ0v) is 15.6. The van der Waals surface area contributed by atoms with Gasteiger partial charge < -0.3 is 10.2 Å². The molecule has 2 aromatic rings. The van der Waals surface area contributed by atoms with Crippen molar-refractivity contribution in [2.75, 3.05) is 18.0 Å². The van der Waals surface area contributed by atoms with E-state index < -0.39 is 0 Å². The second kappa shape index (κ2) is 7.94. The number of rotatable bonds is 5. The van der Waals surface area contributed by atoms with Crippen LogP contribution >= 0.6 is 27.3 Å². The van der Waals surface area contributed by atoms with Crippen molar-refractivity contribution < 1.29 is 9.59 Å². The maximum atomic E-state index is 12.3. The fraction of sp³-hybridized carbons (Fsp3) is 0.333. The Bertz CT molecular complexity index is 706. The summed E-state index contributed by atoms with van der Waals surface area (Å²) in [6, 6.07) is 11.6. The highest BCUT2D eigenvalue weighted by Gasteiger charge is 2.25. The lowest BCUT2D eigenvalue weighted by molar-refractivity contribution is -0.125. The first-order valence-electron chi connectivity index (χ1n) is 7.98. The Morgan fingerprint density at radius 3 is 2.50 bits per heavy atom. The molecule has 1 aliphatic rings. The van der Waals surface area contributed by atoms with E-state index >= 15 is 0 Å². The van der Waals surface area contributed by atoms with Gasteiger partial charge in [-0.15, -0.1) is 11.3 Å². The Morgan fingerprint density at radius 1 is 1.21 bits per heavy atom. The summed E-state index contributed by atoms with van der Waals surface area (Å²) in [5.74, 6) is 0.231. The van der Waals surface area contributed by atoms with Crippen molar-refractivity contribution in [3.63, 3.8) is 0 Å². The Hall–Kier alpha value is -1.66. The molecule has 1 aliphatic heterocycles. The maximum Gasteiger partial charge on any atom is 0.223 e. The number of carbonyl (C=O) groups excluding carboxylic acids is 2. The van der Waals surface area contributed by atoms with Gasteiger partial charge in [0.25, 0.3) is 0 Å². The predicted molar refractivity (Wildman–Crippen MR) is 101 cm³/mol. The van der Waals surface area contributed by atoms with E-state index in [0.717, 1.165) is 46.6 Å². The molecule has 2 heterocycles. The number of benzene rings is 1. The number of carbonyl (C=O) groups is 2. The molecule has 0 bridgehead atoms. The molecule has 4 nitrogen and oxygen atoms in total. The van der Waals surface area contributed by atoms with Crippen LogP contribution in [0.15, 0.2) is 40.2 Å². The van der Waals surface area contributed by atoms with Crippen LogP contribution in [0.2, 0.25) is 0 Å². The molecular formula is C18H19BrN2O2S. The lowest BCUT2D eigenvalue weighted by atomic mass is 9.95. The molecule has 0 radical (unpaired) electrons. The van der Waals surface area contributed by atoms with Crippen LogP contribution in [0.5, 0.6) is 0 Å². The third kappa shape index (κ3) is 4.24. The van der Waals surface area contributed by atoms with Crippen LogP contribution in [-0.4, -0.2) is 25.3 Å². The maximum absolute atomic E-state index is 12.3. The molecule has 1 aromatic heterocycles. The molecule has 1 aromatic carbocycles. The van der Waals surface area contributed by atoms with E-state index in [9.17, 15) is 9.59 Å². The molecule has 1 N–H and O–H groups in total. The zero-order valence-electron chi connectivity index (χ0n) is 13.2. The normalized spacial score (nSPS) is 15.3. The van der Waals surface area contributed by atoms with Crippen LogP contribution in [0.3, 0.4) is 0 Å². The number of thiophene rings is 1. The number of nitrogens with zero attached hydrogens (tertiary/aromatic N) is 1. The minimum Gasteiger partial charge on any atom is -0.371 e. The summed E-state index contributed by atoms with van der Waals surface area (Å²) in [7, 11) is 0. The van der Waals surface area contributed by atoms with Gasteiger partial charge in [-0.25, -0.2) is 0 Å². The number of nitrogens with one attached hydrogen (secondary N) is 1. The third-order valence-corrected chi connectivity index (χ3v) is 5.95. The molecule has 0 unspecified atom stereocenters. The summed E-state index contributed by atoms with van der Waals surface area (Å²) < 4.78 is 1.08. The van der Waals surface area contributed by atoms with Crippen molar-refractivity contribution in [2.45, 2.75) is 19.4 Å². The highest BCUT2D eigenvalue weighted by Crippen LogP contribution is 2.25. The number of hydrogen-bond donors (Lipinski definition) is 1. The van der Waals surface area contributed by atoms with E-state index in [0.29, 0.717) is 12.1 Å². The van der Waals surface area contributed by atoms with Crippen molar-refractivity contribution in [3.8, 4) is 0 Å². The minimum absolute atomic E-state index is 0.0823. The topological polar surface area (TPSA) is 49.4 Å². The van der Waals surface area contributed by atoms with E-state index in [1.807, 2.05) is 36.4 Å². The van der Waals surface area contributed by atoms with E-state index in [2.05, 4.69) is 26.1 Å².